The van der Waals surface area contributed by atoms with Crippen LogP contribution in [0.2, 0.25) is 0 Å². The number of rotatable bonds is 6. The van der Waals surface area contributed by atoms with E-state index in [1.165, 1.54) is 5.56 Å². The van der Waals surface area contributed by atoms with E-state index in [1.807, 2.05) is 10.7 Å². The molecule has 1 atom stereocenters. The molecule has 2 aromatic rings. The summed E-state index contributed by atoms with van der Waals surface area (Å²) in [6.07, 6.45) is 3.22. The lowest BCUT2D eigenvalue weighted by Gasteiger charge is -2.26. The van der Waals surface area contributed by atoms with Crippen molar-refractivity contribution >= 4 is 0 Å². The molecule has 1 aromatic carbocycles. The van der Waals surface area contributed by atoms with Gasteiger partial charge in [-0.15, -0.1) is 0 Å². The molecule has 0 saturated carbocycles. The minimum Gasteiger partial charge on any atom is -0.395 e. The molecule has 130 valence electrons. The molecule has 0 aliphatic carbocycles. The summed E-state index contributed by atoms with van der Waals surface area (Å²) in [7, 11) is 0. The van der Waals surface area contributed by atoms with E-state index in [4.69, 9.17) is 5.10 Å². The fourth-order valence-corrected chi connectivity index (χ4v) is 3.28. The lowest BCUT2D eigenvalue weighted by molar-refractivity contribution is 0.136. The third-order valence-electron chi connectivity index (χ3n) is 4.78. The third kappa shape index (κ3) is 4.66. The second-order valence-corrected chi connectivity index (χ2v) is 6.69. The first-order valence-electron chi connectivity index (χ1n) is 8.88. The van der Waals surface area contributed by atoms with Crippen LogP contribution in [0.3, 0.4) is 0 Å². The monoisotopic (exact) mass is 328 g/mol. The third-order valence-corrected chi connectivity index (χ3v) is 4.78. The van der Waals surface area contributed by atoms with Gasteiger partial charge >= 0.3 is 0 Å². The molecule has 1 unspecified atom stereocenters. The first-order valence-corrected chi connectivity index (χ1v) is 8.88. The van der Waals surface area contributed by atoms with Crippen molar-refractivity contribution in [2.45, 2.75) is 32.5 Å². The number of nitrogens with zero attached hydrogens (tertiary/aromatic N) is 4. The van der Waals surface area contributed by atoms with Crippen molar-refractivity contribution in [1.82, 2.24) is 19.6 Å². The predicted molar refractivity (Wildman–Crippen MR) is 95.8 cm³/mol. The Bertz CT molecular complexity index is 613. The van der Waals surface area contributed by atoms with E-state index < -0.39 is 0 Å². The quantitative estimate of drug-likeness (QED) is 0.878. The maximum atomic E-state index is 9.34. The molecule has 0 amide bonds. The maximum absolute atomic E-state index is 9.34. The minimum absolute atomic E-state index is 0.240. The molecule has 1 aromatic heterocycles. The van der Waals surface area contributed by atoms with Crippen LogP contribution >= 0.6 is 0 Å². The second-order valence-electron chi connectivity index (χ2n) is 6.69. The predicted octanol–water partition coefficient (Wildman–Crippen LogP) is 1.82. The summed E-state index contributed by atoms with van der Waals surface area (Å²) in [6.45, 7) is 8.29. The number of hydrogen-bond acceptors (Lipinski definition) is 4. The zero-order valence-corrected chi connectivity index (χ0v) is 14.5. The van der Waals surface area contributed by atoms with Gasteiger partial charge in [0.2, 0.25) is 0 Å². The van der Waals surface area contributed by atoms with E-state index in [9.17, 15) is 5.11 Å². The Labute approximate surface area is 144 Å². The van der Waals surface area contributed by atoms with Crippen LogP contribution in [-0.4, -0.2) is 63.5 Å². The lowest BCUT2D eigenvalue weighted by Crippen LogP contribution is -2.38. The van der Waals surface area contributed by atoms with Crippen molar-refractivity contribution in [3.8, 4) is 0 Å². The van der Waals surface area contributed by atoms with Crippen molar-refractivity contribution in [3.05, 3.63) is 53.9 Å². The van der Waals surface area contributed by atoms with Crippen LogP contribution < -0.4 is 0 Å². The average Bonchev–Trinajstić information content (AvgIpc) is 2.90. The van der Waals surface area contributed by atoms with Crippen molar-refractivity contribution in [2.75, 3.05) is 32.8 Å². The smallest absolute Gasteiger partial charge is 0.0764 e. The van der Waals surface area contributed by atoms with E-state index in [1.54, 1.807) is 0 Å². The summed E-state index contributed by atoms with van der Waals surface area (Å²) in [5, 5.41) is 14.1. The number of hydrogen-bond donors (Lipinski definition) is 1. The molecule has 2 heterocycles. The summed E-state index contributed by atoms with van der Waals surface area (Å²) in [5.41, 5.74) is 2.41. The number of aromatic nitrogens is 2. The van der Waals surface area contributed by atoms with Gasteiger partial charge in [-0.25, -0.2) is 0 Å². The van der Waals surface area contributed by atoms with Gasteiger partial charge in [-0.05, 0) is 38.1 Å². The highest BCUT2D eigenvalue weighted by molar-refractivity contribution is 5.15. The SMILES string of the molecule is CC(CO)N1CCCN(Cc2ccn(Cc3ccccc3)n2)CC1. The molecular weight excluding hydrogens is 300 g/mol. The van der Waals surface area contributed by atoms with E-state index >= 15 is 0 Å². The maximum Gasteiger partial charge on any atom is 0.0764 e. The molecule has 1 fully saturated rings. The van der Waals surface area contributed by atoms with Gasteiger partial charge in [-0.3, -0.25) is 14.5 Å². The fraction of sp³-hybridized carbons (Fsp3) is 0.526. The van der Waals surface area contributed by atoms with Gasteiger partial charge in [-0.2, -0.15) is 5.10 Å². The molecule has 1 aliphatic rings. The van der Waals surface area contributed by atoms with E-state index in [-0.39, 0.29) is 12.6 Å². The molecule has 5 heteroatoms. The highest BCUT2D eigenvalue weighted by atomic mass is 16.3. The summed E-state index contributed by atoms with van der Waals surface area (Å²) < 4.78 is 2.02. The lowest BCUT2D eigenvalue weighted by atomic mass is 10.2. The largest absolute Gasteiger partial charge is 0.395 e. The Balaban J connectivity index is 1.53. The van der Waals surface area contributed by atoms with Gasteiger partial charge in [0, 0.05) is 31.9 Å². The van der Waals surface area contributed by atoms with Gasteiger partial charge in [0.1, 0.15) is 0 Å². The molecule has 0 spiro atoms. The zero-order valence-electron chi connectivity index (χ0n) is 14.5. The van der Waals surface area contributed by atoms with E-state index in [0.717, 1.165) is 51.4 Å². The fourth-order valence-electron chi connectivity index (χ4n) is 3.28. The highest BCUT2D eigenvalue weighted by Gasteiger charge is 2.19. The highest BCUT2D eigenvalue weighted by Crippen LogP contribution is 2.10. The first-order chi connectivity index (χ1) is 11.7. The van der Waals surface area contributed by atoms with Crippen molar-refractivity contribution in [1.29, 1.82) is 0 Å². The first kappa shape index (κ1) is 17.1. The number of aliphatic hydroxyl groups is 1. The molecule has 0 bridgehead atoms. The second kappa shape index (κ2) is 8.42. The van der Waals surface area contributed by atoms with Crippen LogP contribution in [0.1, 0.15) is 24.6 Å². The van der Waals surface area contributed by atoms with Gasteiger partial charge in [0.25, 0.3) is 0 Å². The van der Waals surface area contributed by atoms with Crippen molar-refractivity contribution in [2.24, 2.45) is 0 Å². The van der Waals surface area contributed by atoms with Gasteiger partial charge < -0.3 is 5.11 Å². The topological polar surface area (TPSA) is 44.5 Å². The van der Waals surface area contributed by atoms with Crippen LogP contribution in [0.15, 0.2) is 42.6 Å². The standard InChI is InChI=1S/C19H28N4O/c1-17(16-24)22-10-5-9-21(12-13-22)15-19-8-11-23(20-19)14-18-6-3-2-4-7-18/h2-4,6-8,11,17,24H,5,9-10,12-16H2,1H3. The Kier molecular flexibility index (Phi) is 6.01. The van der Waals surface area contributed by atoms with Gasteiger partial charge in [0.15, 0.2) is 0 Å². The summed E-state index contributed by atoms with van der Waals surface area (Å²) >= 11 is 0. The van der Waals surface area contributed by atoms with Crippen LogP contribution in [0.5, 0.6) is 0 Å². The van der Waals surface area contributed by atoms with Crippen LogP contribution in [0.25, 0.3) is 0 Å². The summed E-state index contributed by atoms with van der Waals surface area (Å²) in [6, 6.07) is 12.8. The molecule has 0 radical (unpaired) electrons. The van der Waals surface area contributed by atoms with Crippen molar-refractivity contribution in [3.63, 3.8) is 0 Å². The molecular formula is C19H28N4O. The van der Waals surface area contributed by atoms with Crippen LogP contribution in [0.4, 0.5) is 0 Å². The summed E-state index contributed by atoms with van der Waals surface area (Å²) in [4.78, 5) is 4.85. The van der Waals surface area contributed by atoms with Crippen molar-refractivity contribution < 1.29 is 5.11 Å². The molecule has 24 heavy (non-hydrogen) atoms. The van der Waals surface area contributed by atoms with E-state index in [0.29, 0.717) is 0 Å². The minimum atomic E-state index is 0.240. The molecule has 5 nitrogen and oxygen atoms in total. The Morgan fingerprint density at radius 2 is 1.88 bits per heavy atom. The van der Waals surface area contributed by atoms with Gasteiger partial charge in [0.05, 0.1) is 18.8 Å². The van der Waals surface area contributed by atoms with Gasteiger partial charge in [-0.1, -0.05) is 30.3 Å². The zero-order chi connectivity index (χ0) is 16.8. The van der Waals surface area contributed by atoms with Crippen LogP contribution in [-0.2, 0) is 13.1 Å². The Hall–Kier alpha value is -1.69. The Morgan fingerprint density at radius 3 is 2.67 bits per heavy atom. The normalized spacial score (nSPS) is 18.4. The molecule has 1 aliphatic heterocycles. The Morgan fingerprint density at radius 1 is 1.04 bits per heavy atom. The molecule has 1 N–H and O–H groups in total. The summed E-state index contributed by atoms with van der Waals surface area (Å²) in [5.74, 6) is 0. The van der Waals surface area contributed by atoms with E-state index in [2.05, 4.69) is 53.3 Å². The molecule has 3 rings (SSSR count). The number of benzene rings is 1. The number of aliphatic hydroxyl groups excluding tert-OH is 1. The average molecular weight is 328 g/mol. The molecule has 1 saturated heterocycles. The van der Waals surface area contributed by atoms with Crippen LogP contribution in [0, 0.1) is 0 Å².